The highest BCUT2D eigenvalue weighted by molar-refractivity contribution is 5.77. The first-order chi connectivity index (χ1) is 6.19. The maximum absolute atomic E-state index is 5.61. The van der Waals surface area contributed by atoms with E-state index in [0.29, 0.717) is 11.9 Å². The summed E-state index contributed by atoms with van der Waals surface area (Å²) in [5, 5.41) is 3.47. The second-order valence-corrected chi connectivity index (χ2v) is 3.47. The first kappa shape index (κ1) is 10.1. The maximum Gasteiger partial charge on any atom is 0.213 e. The fraction of sp³-hybridized carbons (Fsp3) is 0.875. The second kappa shape index (κ2) is 4.32. The predicted octanol–water partition coefficient (Wildman–Crippen LogP) is -0.468. The van der Waals surface area contributed by atoms with Gasteiger partial charge in [-0.2, -0.15) is 0 Å². The molecular weight excluding hydrogens is 168 g/mol. The third-order valence-corrected chi connectivity index (χ3v) is 2.65. The van der Waals surface area contributed by atoms with Gasteiger partial charge in [0.1, 0.15) is 0 Å². The Hall–Kier alpha value is -0.970. The Morgan fingerprint density at radius 2 is 2.31 bits per heavy atom. The lowest BCUT2D eigenvalue weighted by atomic mass is 9.96. The molecule has 1 fully saturated rings. The minimum atomic E-state index is 0.231. The van der Waals surface area contributed by atoms with Crippen LogP contribution in [0.15, 0.2) is 5.10 Å². The van der Waals surface area contributed by atoms with Crippen LogP contribution in [0, 0.1) is 5.92 Å². The van der Waals surface area contributed by atoms with Crippen molar-refractivity contribution in [3.05, 3.63) is 0 Å². The monoisotopic (exact) mass is 186 g/mol. The predicted molar refractivity (Wildman–Crippen MR) is 52.0 cm³/mol. The average Bonchev–Trinajstić information content (AvgIpc) is 2.17. The van der Waals surface area contributed by atoms with E-state index in [1.54, 1.807) is 7.11 Å². The van der Waals surface area contributed by atoms with E-state index in [0.717, 1.165) is 19.5 Å². The molecule has 2 atom stereocenters. The van der Waals surface area contributed by atoms with Gasteiger partial charge in [-0.3, -0.25) is 0 Å². The van der Waals surface area contributed by atoms with Crippen LogP contribution in [0.3, 0.4) is 0 Å². The highest BCUT2D eigenvalue weighted by Gasteiger charge is 2.26. The summed E-state index contributed by atoms with van der Waals surface area (Å²) in [5.74, 6) is 6.08. The van der Waals surface area contributed by atoms with Crippen molar-refractivity contribution >= 4 is 5.96 Å². The minimum absolute atomic E-state index is 0.231. The highest BCUT2D eigenvalue weighted by Crippen LogP contribution is 2.18. The molecule has 1 heterocycles. The van der Waals surface area contributed by atoms with Gasteiger partial charge in [0.15, 0.2) is 0 Å². The molecule has 0 aromatic rings. The number of hydrazone groups is 1. The summed E-state index contributed by atoms with van der Waals surface area (Å²) >= 11 is 0. The summed E-state index contributed by atoms with van der Waals surface area (Å²) in [6.45, 7) is 3.87. The zero-order chi connectivity index (χ0) is 9.84. The van der Waals surface area contributed by atoms with E-state index in [1.807, 2.05) is 4.90 Å². The fourth-order valence-corrected chi connectivity index (χ4v) is 1.63. The number of hydrogen-bond acceptors (Lipinski definition) is 3. The number of piperidine rings is 1. The maximum atomic E-state index is 5.61. The lowest BCUT2D eigenvalue weighted by molar-refractivity contribution is 0.0145. The Morgan fingerprint density at radius 1 is 1.62 bits per heavy atom. The number of nitrogens with zero attached hydrogens (tertiary/aromatic N) is 2. The number of likely N-dealkylation sites (tertiary alicyclic amines) is 1. The molecule has 2 unspecified atom stereocenters. The third kappa shape index (κ3) is 2.24. The summed E-state index contributed by atoms with van der Waals surface area (Å²) in [4.78, 5) is 1.95. The Balaban J connectivity index is 2.54. The van der Waals surface area contributed by atoms with Gasteiger partial charge in [-0.25, -0.2) is 0 Å². The molecule has 0 saturated carbocycles. The zero-order valence-corrected chi connectivity index (χ0v) is 8.23. The second-order valence-electron chi connectivity index (χ2n) is 3.47. The molecule has 76 valence electrons. The quantitative estimate of drug-likeness (QED) is 0.251. The standard InChI is InChI=1S/C8H18N4O/c1-6-3-4-12(8(9)11-10)5-7(6)13-2/h6-7H,3-5,10H2,1-2H3,(H2,9,11). The minimum Gasteiger partial charge on any atom is -0.379 e. The summed E-state index contributed by atoms with van der Waals surface area (Å²) in [6, 6.07) is 0. The van der Waals surface area contributed by atoms with Crippen LogP contribution in [0.4, 0.5) is 0 Å². The SMILES string of the molecule is COC1CN(C(N)=NN)CCC1C. The third-order valence-electron chi connectivity index (χ3n) is 2.65. The van der Waals surface area contributed by atoms with E-state index in [4.69, 9.17) is 16.3 Å². The van der Waals surface area contributed by atoms with Crippen molar-refractivity contribution in [2.75, 3.05) is 20.2 Å². The van der Waals surface area contributed by atoms with Crippen LogP contribution in [-0.4, -0.2) is 37.2 Å². The van der Waals surface area contributed by atoms with E-state index in [2.05, 4.69) is 12.0 Å². The molecule has 0 radical (unpaired) electrons. The van der Waals surface area contributed by atoms with Crippen LogP contribution in [0.1, 0.15) is 13.3 Å². The summed E-state index contributed by atoms with van der Waals surface area (Å²) in [7, 11) is 1.72. The first-order valence-corrected chi connectivity index (χ1v) is 4.50. The lowest BCUT2D eigenvalue weighted by Crippen LogP contribution is -2.49. The number of hydrogen-bond donors (Lipinski definition) is 2. The Kier molecular flexibility index (Phi) is 3.36. The van der Waals surface area contributed by atoms with Crippen LogP contribution >= 0.6 is 0 Å². The first-order valence-electron chi connectivity index (χ1n) is 4.50. The molecule has 1 aliphatic rings. The molecule has 1 aliphatic heterocycles. The van der Waals surface area contributed by atoms with Gasteiger partial charge in [0.25, 0.3) is 0 Å². The zero-order valence-electron chi connectivity index (χ0n) is 8.23. The number of guanidine groups is 1. The molecule has 5 heteroatoms. The van der Waals surface area contributed by atoms with Crippen molar-refractivity contribution in [1.29, 1.82) is 0 Å². The van der Waals surface area contributed by atoms with Gasteiger partial charge in [-0.1, -0.05) is 6.92 Å². The van der Waals surface area contributed by atoms with E-state index in [1.165, 1.54) is 0 Å². The van der Waals surface area contributed by atoms with E-state index in [-0.39, 0.29) is 6.10 Å². The molecule has 0 aromatic carbocycles. The van der Waals surface area contributed by atoms with Crippen LogP contribution in [0.25, 0.3) is 0 Å². The van der Waals surface area contributed by atoms with E-state index < -0.39 is 0 Å². The molecular formula is C8H18N4O. The Labute approximate surface area is 78.7 Å². The summed E-state index contributed by atoms with van der Waals surface area (Å²) < 4.78 is 5.34. The van der Waals surface area contributed by atoms with Gasteiger partial charge in [-0.05, 0) is 12.3 Å². The molecule has 0 amide bonds. The number of rotatable bonds is 1. The van der Waals surface area contributed by atoms with E-state index >= 15 is 0 Å². The van der Waals surface area contributed by atoms with Crippen molar-refractivity contribution < 1.29 is 4.74 Å². The summed E-state index contributed by atoms with van der Waals surface area (Å²) in [6.07, 6.45) is 1.29. The molecule has 1 rings (SSSR count). The summed E-state index contributed by atoms with van der Waals surface area (Å²) in [5.41, 5.74) is 5.61. The van der Waals surface area contributed by atoms with Gasteiger partial charge in [0, 0.05) is 20.2 Å². The molecule has 5 nitrogen and oxygen atoms in total. The molecule has 0 aliphatic carbocycles. The van der Waals surface area contributed by atoms with Crippen LogP contribution in [0.2, 0.25) is 0 Å². The molecule has 4 N–H and O–H groups in total. The smallest absolute Gasteiger partial charge is 0.213 e. The molecule has 13 heavy (non-hydrogen) atoms. The number of ether oxygens (including phenoxy) is 1. The topological polar surface area (TPSA) is 76.9 Å². The van der Waals surface area contributed by atoms with Gasteiger partial charge in [0.05, 0.1) is 6.10 Å². The van der Waals surface area contributed by atoms with Crippen LogP contribution < -0.4 is 11.6 Å². The highest BCUT2D eigenvalue weighted by atomic mass is 16.5. The van der Waals surface area contributed by atoms with Crippen LogP contribution in [0.5, 0.6) is 0 Å². The van der Waals surface area contributed by atoms with Crippen LogP contribution in [-0.2, 0) is 4.74 Å². The fourth-order valence-electron chi connectivity index (χ4n) is 1.63. The van der Waals surface area contributed by atoms with Gasteiger partial charge in [0.2, 0.25) is 5.96 Å². The Morgan fingerprint density at radius 3 is 2.85 bits per heavy atom. The van der Waals surface area contributed by atoms with Crippen molar-refractivity contribution in [3.63, 3.8) is 0 Å². The van der Waals surface area contributed by atoms with Gasteiger partial charge >= 0.3 is 0 Å². The average molecular weight is 186 g/mol. The number of nitrogens with two attached hydrogens (primary N) is 2. The van der Waals surface area contributed by atoms with Crippen molar-refractivity contribution in [1.82, 2.24) is 4.90 Å². The van der Waals surface area contributed by atoms with Gasteiger partial charge < -0.3 is 21.2 Å². The van der Waals surface area contributed by atoms with Crippen molar-refractivity contribution in [2.45, 2.75) is 19.4 Å². The largest absolute Gasteiger partial charge is 0.379 e. The van der Waals surface area contributed by atoms with E-state index in [9.17, 15) is 0 Å². The molecule has 0 spiro atoms. The normalized spacial score (nSPS) is 30.6. The Bertz CT molecular complexity index is 195. The molecule has 0 bridgehead atoms. The number of methoxy groups -OCH3 is 1. The van der Waals surface area contributed by atoms with Gasteiger partial charge in [-0.15, -0.1) is 5.10 Å². The van der Waals surface area contributed by atoms with Crippen molar-refractivity contribution in [2.24, 2.45) is 22.6 Å². The molecule has 1 saturated heterocycles. The lowest BCUT2D eigenvalue weighted by Gasteiger charge is -2.36. The molecule has 0 aromatic heterocycles. The van der Waals surface area contributed by atoms with Crippen molar-refractivity contribution in [3.8, 4) is 0 Å².